The second-order valence-electron chi connectivity index (χ2n) is 5.67. The number of nitrogens with zero attached hydrogens (tertiary/aromatic N) is 1. The Kier molecular flexibility index (Phi) is 5.83. The van der Waals surface area contributed by atoms with E-state index in [9.17, 15) is 4.79 Å². The Morgan fingerprint density at radius 1 is 1.43 bits per heavy atom. The minimum Gasteiger partial charge on any atom is -0.339 e. The van der Waals surface area contributed by atoms with Gasteiger partial charge in [-0.25, -0.2) is 0 Å². The highest BCUT2D eigenvalue weighted by atomic mass is 35.5. The van der Waals surface area contributed by atoms with Crippen molar-refractivity contribution in [2.75, 3.05) is 26.7 Å². The Balaban J connectivity index is 1.89. The number of benzene rings is 1. The van der Waals surface area contributed by atoms with Crippen molar-refractivity contribution in [3.63, 3.8) is 0 Å². The summed E-state index contributed by atoms with van der Waals surface area (Å²) in [5.74, 6) is 0.786. The van der Waals surface area contributed by atoms with Gasteiger partial charge < -0.3 is 10.2 Å². The minimum absolute atomic E-state index is 0.0922. The van der Waals surface area contributed by atoms with Gasteiger partial charge in [-0.3, -0.25) is 4.79 Å². The standard InChI is InChI=1S/C17H23ClN2O/c1-13-3-4-14(11-16(13)18)5-6-17(21)20-9-7-15(8-10-20)12-19-2/h3-6,11,15,19H,7-10,12H2,1-2H3/b6-5+. The first-order valence-corrected chi connectivity index (χ1v) is 7.85. The summed E-state index contributed by atoms with van der Waals surface area (Å²) >= 11 is 6.09. The number of nitrogens with one attached hydrogen (secondary N) is 1. The zero-order chi connectivity index (χ0) is 15.2. The van der Waals surface area contributed by atoms with Crippen molar-refractivity contribution in [3.8, 4) is 0 Å². The van der Waals surface area contributed by atoms with E-state index in [1.165, 1.54) is 0 Å². The summed E-state index contributed by atoms with van der Waals surface area (Å²) < 4.78 is 0. The Morgan fingerprint density at radius 2 is 2.14 bits per heavy atom. The molecule has 1 heterocycles. The van der Waals surface area contributed by atoms with E-state index in [0.717, 1.165) is 48.6 Å². The van der Waals surface area contributed by atoms with Gasteiger partial charge in [0.15, 0.2) is 0 Å². The molecular formula is C17H23ClN2O. The van der Waals surface area contributed by atoms with Crippen LogP contribution < -0.4 is 5.32 Å². The minimum atomic E-state index is 0.0922. The van der Waals surface area contributed by atoms with E-state index in [2.05, 4.69) is 5.32 Å². The van der Waals surface area contributed by atoms with Crippen molar-refractivity contribution in [1.82, 2.24) is 10.2 Å². The maximum Gasteiger partial charge on any atom is 0.246 e. The number of aryl methyl sites for hydroxylation is 1. The summed E-state index contributed by atoms with van der Waals surface area (Å²) in [6.45, 7) is 4.71. The van der Waals surface area contributed by atoms with Gasteiger partial charge in [0, 0.05) is 24.2 Å². The second-order valence-corrected chi connectivity index (χ2v) is 6.08. The molecule has 2 rings (SSSR count). The maximum atomic E-state index is 12.2. The molecule has 1 N–H and O–H groups in total. The molecule has 4 heteroatoms. The van der Waals surface area contributed by atoms with Gasteiger partial charge in [-0.1, -0.05) is 23.7 Å². The maximum absolute atomic E-state index is 12.2. The summed E-state index contributed by atoms with van der Waals surface area (Å²) in [6.07, 6.45) is 5.65. The van der Waals surface area contributed by atoms with Crippen LogP contribution in [0.3, 0.4) is 0 Å². The Labute approximate surface area is 132 Å². The number of piperidine rings is 1. The number of carbonyl (C=O) groups excluding carboxylic acids is 1. The first-order valence-electron chi connectivity index (χ1n) is 7.48. The lowest BCUT2D eigenvalue weighted by molar-refractivity contribution is -0.127. The third-order valence-corrected chi connectivity index (χ3v) is 4.44. The van der Waals surface area contributed by atoms with E-state index in [0.29, 0.717) is 5.92 Å². The Bertz CT molecular complexity index is 520. The zero-order valence-electron chi connectivity index (χ0n) is 12.7. The average Bonchev–Trinajstić information content (AvgIpc) is 2.49. The van der Waals surface area contributed by atoms with Crippen LogP contribution in [0, 0.1) is 12.8 Å². The fourth-order valence-electron chi connectivity index (χ4n) is 2.63. The van der Waals surface area contributed by atoms with Crippen molar-refractivity contribution in [3.05, 3.63) is 40.4 Å². The van der Waals surface area contributed by atoms with E-state index >= 15 is 0 Å². The second kappa shape index (κ2) is 7.62. The first-order chi connectivity index (χ1) is 10.1. The van der Waals surface area contributed by atoms with Crippen LogP contribution in [0.25, 0.3) is 6.08 Å². The van der Waals surface area contributed by atoms with Crippen LogP contribution in [-0.2, 0) is 4.79 Å². The molecule has 0 spiro atoms. The van der Waals surface area contributed by atoms with E-state index in [1.54, 1.807) is 6.08 Å². The average molecular weight is 307 g/mol. The van der Waals surface area contributed by atoms with Gasteiger partial charge in [0.25, 0.3) is 0 Å². The Hall–Kier alpha value is -1.32. The monoisotopic (exact) mass is 306 g/mol. The fraction of sp³-hybridized carbons (Fsp3) is 0.471. The molecule has 3 nitrogen and oxygen atoms in total. The third-order valence-electron chi connectivity index (χ3n) is 4.03. The molecule has 0 bridgehead atoms. The summed E-state index contributed by atoms with van der Waals surface area (Å²) in [4.78, 5) is 14.1. The van der Waals surface area contributed by atoms with E-state index in [-0.39, 0.29) is 5.91 Å². The number of likely N-dealkylation sites (tertiary alicyclic amines) is 1. The molecule has 0 atom stereocenters. The molecule has 1 saturated heterocycles. The molecule has 0 radical (unpaired) electrons. The van der Waals surface area contributed by atoms with E-state index < -0.39 is 0 Å². The molecule has 1 fully saturated rings. The van der Waals surface area contributed by atoms with Crippen LogP contribution in [0.5, 0.6) is 0 Å². The normalized spacial score (nSPS) is 16.6. The molecule has 0 aromatic heterocycles. The number of carbonyl (C=O) groups is 1. The lowest BCUT2D eigenvalue weighted by atomic mass is 9.97. The molecule has 1 aromatic rings. The van der Waals surface area contributed by atoms with E-state index in [1.807, 2.05) is 43.1 Å². The molecule has 114 valence electrons. The number of hydrogen-bond acceptors (Lipinski definition) is 2. The highest BCUT2D eigenvalue weighted by molar-refractivity contribution is 6.31. The highest BCUT2D eigenvalue weighted by Crippen LogP contribution is 2.19. The topological polar surface area (TPSA) is 32.3 Å². The SMILES string of the molecule is CNCC1CCN(C(=O)/C=C/c2ccc(C)c(Cl)c2)CC1. The molecule has 1 aromatic carbocycles. The van der Waals surface area contributed by atoms with E-state index in [4.69, 9.17) is 11.6 Å². The van der Waals surface area contributed by atoms with Crippen molar-refractivity contribution in [2.24, 2.45) is 5.92 Å². The lowest BCUT2D eigenvalue weighted by Crippen LogP contribution is -2.39. The van der Waals surface area contributed by atoms with Gasteiger partial charge in [-0.2, -0.15) is 0 Å². The van der Waals surface area contributed by atoms with Crippen LogP contribution >= 0.6 is 11.6 Å². The lowest BCUT2D eigenvalue weighted by Gasteiger charge is -2.31. The molecule has 1 aliphatic rings. The van der Waals surface area contributed by atoms with Crippen LogP contribution in [0.2, 0.25) is 5.02 Å². The van der Waals surface area contributed by atoms with Gasteiger partial charge in [-0.05, 0) is 62.5 Å². The summed E-state index contributed by atoms with van der Waals surface area (Å²) in [6, 6.07) is 5.83. The first kappa shape index (κ1) is 16.1. The largest absolute Gasteiger partial charge is 0.339 e. The highest BCUT2D eigenvalue weighted by Gasteiger charge is 2.20. The number of hydrogen-bond donors (Lipinski definition) is 1. The quantitative estimate of drug-likeness (QED) is 0.867. The van der Waals surface area contributed by atoms with Crippen LogP contribution in [-0.4, -0.2) is 37.5 Å². The van der Waals surface area contributed by atoms with Crippen LogP contribution in [0.15, 0.2) is 24.3 Å². The number of rotatable bonds is 4. The summed E-state index contributed by atoms with van der Waals surface area (Å²) in [7, 11) is 1.98. The Morgan fingerprint density at radius 3 is 2.76 bits per heavy atom. The van der Waals surface area contributed by atoms with Gasteiger partial charge in [0.2, 0.25) is 5.91 Å². The molecule has 0 aliphatic carbocycles. The number of halogens is 1. The van der Waals surface area contributed by atoms with Crippen molar-refractivity contribution in [1.29, 1.82) is 0 Å². The van der Waals surface area contributed by atoms with Crippen molar-refractivity contribution in [2.45, 2.75) is 19.8 Å². The van der Waals surface area contributed by atoms with Gasteiger partial charge in [0.1, 0.15) is 0 Å². The fourth-order valence-corrected chi connectivity index (χ4v) is 2.82. The number of amides is 1. The predicted octanol–water partition coefficient (Wildman–Crippen LogP) is 3.12. The van der Waals surface area contributed by atoms with Gasteiger partial charge >= 0.3 is 0 Å². The molecule has 0 unspecified atom stereocenters. The third kappa shape index (κ3) is 4.58. The van der Waals surface area contributed by atoms with Crippen molar-refractivity contribution >= 4 is 23.6 Å². The molecule has 0 saturated carbocycles. The van der Waals surface area contributed by atoms with Gasteiger partial charge in [-0.15, -0.1) is 0 Å². The molecular weight excluding hydrogens is 284 g/mol. The van der Waals surface area contributed by atoms with Crippen molar-refractivity contribution < 1.29 is 4.79 Å². The predicted molar refractivity (Wildman–Crippen MR) is 88.5 cm³/mol. The molecule has 1 aliphatic heterocycles. The van der Waals surface area contributed by atoms with Crippen LogP contribution in [0.1, 0.15) is 24.0 Å². The molecule has 21 heavy (non-hydrogen) atoms. The summed E-state index contributed by atoms with van der Waals surface area (Å²) in [5, 5.41) is 3.94. The molecule has 1 amide bonds. The summed E-state index contributed by atoms with van der Waals surface area (Å²) in [5.41, 5.74) is 2.01. The van der Waals surface area contributed by atoms with Crippen LogP contribution in [0.4, 0.5) is 0 Å². The van der Waals surface area contributed by atoms with Gasteiger partial charge in [0.05, 0.1) is 0 Å². The zero-order valence-corrected chi connectivity index (χ0v) is 13.5. The smallest absolute Gasteiger partial charge is 0.246 e.